The highest BCUT2D eigenvalue weighted by Gasteiger charge is 2.38. The number of ketones is 2. The largest absolute Gasteiger partial charge is 0.469 e. The lowest BCUT2D eigenvalue weighted by Gasteiger charge is -2.24. The van der Waals surface area contributed by atoms with Gasteiger partial charge in [0.25, 0.3) is 0 Å². The highest BCUT2D eigenvalue weighted by molar-refractivity contribution is 6.15. The topological polar surface area (TPSA) is 88.6 Å². The number of rotatable bonds is 7. The van der Waals surface area contributed by atoms with Gasteiger partial charge in [-0.05, 0) is 73.7 Å². The third-order valence-corrected chi connectivity index (χ3v) is 6.49. The molecule has 0 saturated carbocycles. The number of Topliss-reactive ketones (excluding diaryl/α,β-unsaturated/α-hetero) is 1. The van der Waals surface area contributed by atoms with Crippen molar-refractivity contribution in [2.45, 2.75) is 60.8 Å². The second-order valence-electron chi connectivity index (χ2n) is 11.2. The monoisotopic (exact) mass is 486 g/mol. The molecule has 0 atom stereocenters. The summed E-state index contributed by atoms with van der Waals surface area (Å²) in [5.74, 6) is -0.590. The van der Waals surface area contributed by atoms with Crippen molar-refractivity contribution in [3.05, 3.63) is 76.1 Å². The summed E-state index contributed by atoms with van der Waals surface area (Å²) in [7, 11) is 1.33. The molecule has 0 unspecified atom stereocenters. The number of hydrogen-bond acceptors (Lipinski definition) is 5. The van der Waals surface area contributed by atoms with E-state index in [4.69, 9.17) is 10.00 Å². The predicted molar refractivity (Wildman–Crippen MR) is 139 cm³/mol. The van der Waals surface area contributed by atoms with Crippen LogP contribution in [0.3, 0.4) is 0 Å². The Labute approximate surface area is 212 Å². The first-order valence-corrected chi connectivity index (χ1v) is 12.1. The van der Waals surface area contributed by atoms with Crippen molar-refractivity contribution >= 4 is 23.1 Å². The summed E-state index contributed by atoms with van der Waals surface area (Å²) in [5.41, 5.74) is 2.17. The number of fused-ring (bicyclic) bond motifs is 1. The molecule has 0 spiro atoms. The van der Waals surface area contributed by atoms with Crippen LogP contribution in [0.1, 0.15) is 97.5 Å². The first-order chi connectivity index (χ1) is 16.7. The molecule has 188 valence electrons. The maximum absolute atomic E-state index is 14.0. The first kappa shape index (κ1) is 26.9. The summed E-state index contributed by atoms with van der Waals surface area (Å²) < 4.78 is 6.82. The minimum Gasteiger partial charge on any atom is -0.469 e. The van der Waals surface area contributed by atoms with Crippen LogP contribution in [0, 0.1) is 22.2 Å². The minimum atomic E-state index is -0.979. The summed E-state index contributed by atoms with van der Waals surface area (Å²) in [6, 6.07) is 12.4. The molecule has 0 N–H and O–H groups in total. The number of pyridine rings is 1. The van der Waals surface area contributed by atoms with Crippen molar-refractivity contribution in [2.75, 3.05) is 7.11 Å². The SMILES string of the molecule is COC(=O)C(C)(C)Cc1c(C(=O)C(C)(C)C)c2cc(C(C)C)ccn2c1C(=O)c1ccc(C#N)cc1. The van der Waals surface area contributed by atoms with E-state index in [2.05, 4.69) is 19.9 Å². The van der Waals surface area contributed by atoms with Crippen molar-refractivity contribution in [3.8, 4) is 6.07 Å². The van der Waals surface area contributed by atoms with E-state index in [1.54, 1.807) is 42.5 Å². The number of nitriles is 1. The lowest BCUT2D eigenvalue weighted by molar-refractivity contribution is -0.150. The summed E-state index contributed by atoms with van der Waals surface area (Å²) in [6.45, 7) is 13.2. The normalized spacial score (nSPS) is 12.0. The number of esters is 1. The molecular formula is C30H34N2O4. The molecule has 1 aromatic carbocycles. The van der Waals surface area contributed by atoms with Gasteiger partial charge in [0, 0.05) is 22.7 Å². The van der Waals surface area contributed by atoms with Crippen molar-refractivity contribution < 1.29 is 19.1 Å². The quantitative estimate of drug-likeness (QED) is 0.296. The fraction of sp³-hybridized carbons (Fsp3) is 0.400. The zero-order valence-corrected chi connectivity index (χ0v) is 22.4. The van der Waals surface area contributed by atoms with Gasteiger partial charge in [0.2, 0.25) is 5.78 Å². The van der Waals surface area contributed by atoms with Gasteiger partial charge in [0.1, 0.15) is 0 Å². The van der Waals surface area contributed by atoms with E-state index in [9.17, 15) is 14.4 Å². The summed E-state index contributed by atoms with van der Waals surface area (Å²) in [4.78, 5) is 40.5. The Bertz CT molecular complexity index is 1380. The predicted octanol–water partition coefficient (Wildman–Crippen LogP) is 6.14. The van der Waals surface area contributed by atoms with Gasteiger partial charge >= 0.3 is 5.97 Å². The molecule has 2 heterocycles. The molecule has 6 nitrogen and oxygen atoms in total. The molecule has 0 bridgehead atoms. The Morgan fingerprint density at radius 1 is 1.03 bits per heavy atom. The molecule has 0 aliphatic heterocycles. The smallest absolute Gasteiger partial charge is 0.311 e. The van der Waals surface area contributed by atoms with Crippen LogP contribution in [-0.2, 0) is 16.0 Å². The maximum atomic E-state index is 14.0. The molecule has 0 aliphatic carbocycles. The summed E-state index contributed by atoms with van der Waals surface area (Å²) >= 11 is 0. The molecule has 0 fully saturated rings. The number of nitrogens with zero attached hydrogens (tertiary/aromatic N) is 2. The van der Waals surface area contributed by atoms with Crippen LogP contribution in [0.2, 0.25) is 0 Å². The Balaban J connectivity index is 2.43. The van der Waals surface area contributed by atoms with Crippen molar-refractivity contribution in [1.82, 2.24) is 4.40 Å². The first-order valence-electron chi connectivity index (χ1n) is 12.1. The van der Waals surface area contributed by atoms with Gasteiger partial charge in [-0.3, -0.25) is 14.4 Å². The lowest BCUT2D eigenvalue weighted by Crippen LogP contribution is -2.30. The van der Waals surface area contributed by atoms with Gasteiger partial charge in [0.05, 0.1) is 35.4 Å². The van der Waals surface area contributed by atoms with Crippen molar-refractivity contribution in [3.63, 3.8) is 0 Å². The second kappa shape index (κ2) is 9.73. The summed E-state index contributed by atoms with van der Waals surface area (Å²) in [5, 5.41) is 9.16. The fourth-order valence-corrected chi connectivity index (χ4v) is 4.35. The summed E-state index contributed by atoms with van der Waals surface area (Å²) in [6.07, 6.45) is 1.97. The van der Waals surface area contributed by atoms with Gasteiger partial charge in [-0.2, -0.15) is 5.26 Å². The van der Waals surface area contributed by atoms with Gasteiger partial charge in [-0.1, -0.05) is 34.6 Å². The second-order valence-corrected chi connectivity index (χ2v) is 11.2. The van der Waals surface area contributed by atoms with E-state index in [1.807, 2.05) is 39.1 Å². The molecule has 3 aromatic rings. The van der Waals surface area contributed by atoms with Crippen LogP contribution in [-0.4, -0.2) is 29.0 Å². The van der Waals surface area contributed by atoms with Gasteiger partial charge in [-0.15, -0.1) is 0 Å². The van der Waals surface area contributed by atoms with Crippen LogP contribution in [0.15, 0.2) is 42.6 Å². The number of methoxy groups -OCH3 is 1. The number of ether oxygens (including phenoxy) is 1. The highest BCUT2D eigenvalue weighted by atomic mass is 16.5. The minimum absolute atomic E-state index is 0.101. The number of aromatic nitrogens is 1. The fourth-order valence-electron chi connectivity index (χ4n) is 4.35. The Hall–Kier alpha value is -3.72. The van der Waals surface area contributed by atoms with E-state index in [0.717, 1.165) is 5.56 Å². The number of benzene rings is 1. The van der Waals surface area contributed by atoms with E-state index >= 15 is 0 Å². The van der Waals surface area contributed by atoms with E-state index in [0.29, 0.717) is 33.5 Å². The molecule has 6 heteroatoms. The standard InChI is InChI=1S/C30H34N2O4/c1-18(2)21-13-14-32-23(15-21)24(27(34)29(3,4)5)22(16-30(6,7)28(35)36-8)25(32)26(33)20-11-9-19(17-31)10-12-20/h9-15,18H,16H2,1-8H3. The molecule has 36 heavy (non-hydrogen) atoms. The number of carbonyl (C=O) groups is 3. The van der Waals surface area contributed by atoms with E-state index < -0.39 is 16.8 Å². The zero-order chi connectivity index (χ0) is 27.0. The number of carbonyl (C=O) groups excluding carboxylic acids is 3. The van der Waals surface area contributed by atoms with Crippen LogP contribution in [0.4, 0.5) is 0 Å². The van der Waals surface area contributed by atoms with E-state index in [-0.39, 0.29) is 23.9 Å². The van der Waals surface area contributed by atoms with Gasteiger partial charge in [0.15, 0.2) is 5.78 Å². The van der Waals surface area contributed by atoms with Gasteiger partial charge in [-0.25, -0.2) is 0 Å². The van der Waals surface area contributed by atoms with Crippen molar-refractivity contribution in [2.24, 2.45) is 10.8 Å². The van der Waals surface area contributed by atoms with Crippen molar-refractivity contribution in [1.29, 1.82) is 5.26 Å². The van der Waals surface area contributed by atoms with Crippen LogP contribution >= 0.6 is 0 Å². The van der Waals surface area contributed by atoms with Crippen LogP contribution < -0.4 is 0 Å². The van der Waals surface area contributed by atoms with E-state index in [1.165, 1.54) is 7.11 Å². The zero-order valence-electron chi connectivity index (χ0n) is 22.4. The molecular weight excluding hydrogens is 452 g/mol. The number of hydrogen-bond donors (Lipinski definition) is 0. The van der Waals surface area contributed by atoms with Crippen LogP contribution in [0.5, 0.6) is 0 Å². The highest BCUT2D eigenvalue weighted by Crippen LogP contribution is 2.37. The molecule has 0 aliphatic rings. The Kier molecular flexibility index (Phi) is 7.27. The molecule has 0 amide bonds. The molecule has 0 radical (unpaired) electrons. The Morgan fingerprint density at radius 2 is 1.64 bits per heavy atom. The third-order valence-electron chi connectivity index (χ3n) is 6.49. The Morgan fingerprint density at radius 3 is 2.14 bits per heavy atom. The molecule has 3 rings (SSSR count). The maximum Gasteiger partial charge on any atom is 0.311 e. The van der Waals surface area contributed by atoms with Gasteiger partial charge < -0.3 is 9.14 Å². The molecule has 0 saturated heterocycles. The lowest BCUT2D eigenvalue weighted by atomic mass is 9.79. The average molecular weight is 487 g/mol. The molecule has 2 aromatic heterocycles. The third kappa shape index (κ3) is 4.97. The average Bonchev–Trinajstić information content (AvgIpc) is 3.13. The van der Waals surface area contributed by atoms with Crippen LogP contribution in [0.25, 0.3) is 5.52 Å².